The Hall–Kier alpha value is -3.67. The van der Waals surface area contributed by atoms with Crippen LogP contribution in [0.1, 0.15) is 27.2 Å². The Morgan fingerprint density at radius 3 is 2.76 bits per heavy atom. The first kappa shape index (κ1) is 18.7. The Morgan fingerprint density at radius 2 is 1.97 bits per heavy atom. The Kier molecular flexibility index (Phi) is 4.76. The lowest BCUT2D eigenvalue weighted by Crippen LogP contribution is -2.27. The number of nitrogens with zero attached hydrogens (tertiary/aromatic N) is 1. The first-order valence-electron chi connectivity index (χ1n) is 9.31. The number of aryl methyl sites for hydroxylation is 2. The smallest absolute Gasteiger partial charge is 0.253 e. The van der Waals surface area contributed by atoms with E-state index >= 15 is 0 Å². The highest BCUT2D eigenvalue weighted by molar-refractivity contribution is 6.06. The first-order valence-corrected chi connectivity index (χ1v) is 9.31. The number of pyridine rings is 2. The van der Waals surface area contributed by atoms with Crippen LogP contribution in [0.25, 0.3) is 21.8 Å². The topological polar surface area (TPSA) is 84.1 Å². The molecular formula is C23H21N3O3. The Labute approximate surface area is 167 Å². The predicted molar refractivity (Wildman–Crippen MR) is 114 cm³/mol. The van der Waals surface area contributed by atoms with Crippen molar-refractivity contribution >= 4 is 27.7 Å². The molecule has 4 aromatic rings. The zero-order valence-corrected chi connectivity index (χ0v) is 16.5. The lowest BCUT2D eigenvalue weighted by molar-refractivity contribution is 0.0952. The van der Waals surface area contributed by atoms with E-state index in [0.717, 1.165) is 33.1 Å². The minimum absolute atomic E-state index is 0.121. The van der Waals surface area contributed by atoms with Gasteiger partial charge in [-0.15, -0.1) is 0 Å². The zero-order valence-electron chi connectivity index (χ0n) is 16.5. The van der Waals surface area contributed by atoms with Gasteiger partial charge in [-0.1, -0.05) is 18.2 Å². The van der Waals surface area contributed by atoms with Gasteiger partial charge in [0.15, 0.2) is 0 Å². The number of ether oxygens (including phenoxy) is 1. The normalized spacial score (nSPS) is 11.0. The number of para-hydroxylation sites is 1. The van der Waals surface area contributed by atoms with Gasteiger partial charge >= 0.3 is 0 Å². The number of methoxy groups -OCH3 is 1. The number of amides is 1. The summed E-state index contributed by atoms with van der Waals surface area (Å²) in [6.07, 6.45) is 0. The second kappa shape index (κ2) is 7.39. The van der Waals surface area contributed by atoms with Crippen molar-refractivity contribution < 1.29 is 9.53 Å². The van der Waals surface area contributed by atoms with Gasteiger partial charge in [-0.25, -0.2) is 0 Å². The fraction of sp³-hybridized carbons (Fsp3) is 0.174. The van der Waals surface area contributed by atoms with Crippen molar-refractivity contribution in [2.45, 2.75) is 20.4 Å². The molecule has 6 nitrogen and oxygen atoms in total. The Balaban J connectivity index is 1.65. The minimum atomic E-state index is -0.240. The van der Waals surface area contributed by atoms with E-state index in [-0.39, 0.29) is 18.0 Å². The molecule has 2 N–H and O–H groups in total. The number of benzene rings is 2. The summed E-state index contributed by atoms with van der Waals surface area (Å²) in [5.41, 5.74) is 4.12. The highest BCUT2D eigenvalue weighted by Gasteiger charge is 2.14. The Bertz CT molecular complexity index is 1310. The number of aromatic nitrogens is 2. The van der Waals surface area contributed by atoms with E-state index < -0.39 is 0 Å². The van der Waals surface area contributed by atoms with Gasteiger partial charge in [0, 0.05) is 34.1 Å². The SMILES string of the molecule is COc1ccc2[nH]c(=O)c(CNC(=O)c3cc(C)nc4c(C)cccc34)cc2c1. The first-order chi connectivity index (χ1) is 14.0. The molecule has 0 aliphatic rings. The van der Waals surface area contributed by atoms with Crippen LogP contribution in [0.15, 0.2) is 53.3 Å². The maximum Gasteiger partial charge on any atom is 0.253 e. The number of fused-ring (bicyclic) bond motifs is 2. The highest BCUT2D eigenvalue weighted by Crippen LogP contribution is 2.22. The van der Waals surface area contributed by atoms with Gasteiger partial charge in [0.25, 0.3) is 11.5 Å². The Morgan fingerprint density at radius 1 is 1.14 bits per heavy atom. The van der Waals surface area contributed by atoms with Crippen LogP contribution in [0, 0.1) is 13.8 Å². The van der Waals surface area contributed by atoms with Crippen LogP contribution in [0.5, 0.6) is 5.75 Å². The molecule has 146 valence electrons. The van der Waals surface area contributed by atoms with Gasteiger partial charge in [-0.3, -0.25) is 14.6 Å². The third kappa shape index (κ3) is 3.57. The molecule has 0 saturated carbocycles. The number of hydrogen-bond acceptors (Lipinski definition) is 4. The molecule has 2 aromatic heterocycles. The summed E-state index contributed by atoms with van der Waals surface area (Å²) in [5.74, 6) is 0.463. The standard InChI is InChI=1S/C23H21N3O3/c1-13-5-4-6-18-19(9-14(2)25-21(13)18)23(28)24-12-16-10-15-11-17(29-3)7-8-20(15)26-22(16)27/h4-11H,12H2,1-3H3,(H,24,28)(H,26,27). The summed E-state index contributed by atoms with van der Waals surface area (Å²) >= 11 is 0. The van der Waals surface area contributed by atoms with Gasteiger partial charge in [-0.2, -0.15) is 0 Å². The van der Waals surface area contributed by atoms with E-state index in [4.69, 9.17) is 4.74 Å². The maximum absolute atomic E-state index is 12.9. The molecule has 0 fully saturated rings. The molecule has 6 heteroatoms. The molecule has 0 radical (unpaired) electrons. The lowest BCUT2D eigenvalue weighted by atomic mass is 10.0. The second-order valence-corrected chi connectivity index (χ2v) is 7.04. The molecule has 0 spiro atoms. The molecule has 0 aliphatic carbocycles. The van der Waals surface area contributed by atoms with Gasteiger partial charge in [0.05, 0.1) is 18.2 Å². The molecule has 0 unspecified atom stereocenters. The van der Waals surface area contributed by atoms with Crippen molar-refractivity contribution in [3.8, 4) is 5.75 Å². The van der Waals surface area contributed by atoms with Crippen molar-refractivity contribution in [2.75, 3.05) is 7.11 Å². The quantitative estimate of drug-likeness (QED) is 0.560. The summed E-state index contributed by atoms with van der Waals surface area (Å²) in [6, 6.07) is 14.7. The van der Waals surface area contributed by atoms with Crippen LogP contribution >= 0.6 is 0 Å². The molecular weight excluding hydrogens is 366 g/mol. The molecule has 0 saturated heterocycles. The predicted octanol–water partition coefficient (Wildman–Crippen LogP) is 3.63. The molecule has 29 heavy (non-hydrogen) atoms. The van der Waals surface area contributed by atoms with Gasteiger partial charge in [-0.05, 0) is 49.7 Å². The summed E-state index contributed by atoms with van der Waals surface area (Å²) in [4.78, 5) is 32.7. The van der Waals surface area contributed by atoms with E-state index in [2.05, 4.69) is 15.3 Å². The average Bonchev–Trinajstić information content (AvgIpc) is 2.71. The van der Waals surface area contributed by atoms with E-state index in [1.165, 1.54) is 0 Å². The fourth-order valence-corrected chi connectivity index (χ4v) is 3.47. The second-order valence-electron chi connectivity index (χ2n) is 7.04. The van der Waals surface area contributed by atoms with Crippen LogP contribution in [-0.4, -0.2) is 23.0 Å². The van der Waals surface area contributed by atoms with E-state index in [9.17, 15) is 9.59 Å². The van der Waals surface area contributed by atoms with Crippen LogP contribution in [0.2, 0.25) is 0 Å². The minimum Gasteiger partial charge on any atom is -0.497 e. The molecule has 4 rings (SSSR count). The van der Waals surface area contributed by atoms with Crippen molar-refractivity contribution in [1.82, 2.24) is 15.3 Å². The number of nitrogens with one attached hydrogen (secondary N) is 2. The van der Waals surface area contributed by atoms with Crippen LogP contribution in [0.3, 0.4) is 0 Å². The largest absolute Gasteiger partial charge is 0.497 e. The molecule has 0 atom stereocenters. The molecule has 2 aromatic carbocycles. The summed E-state index contributed by atoms with van der Waals surface area (Å²) in [6.45, 7) is 3.96. The van der Waals surface area contributed by atoms with Gasteiger partial charge < -0.3 is 15.0 Å². The summed E-state index contributed by atoms with van der Waals surface area (Å²) < 4.78 is 5.24. The average molecular weight is 387 g/mol. The maximum atomic E-state index is 12.9. The van der Waals surface area contributed by atoms with Crippen molar-refractivity contribution in [2.24, 2.45) is 0 Å². The van der Waals surface area contributed by atoms with Crippen molar-refractivity contribution in [3.05, 3.63) is 81.3 Å². The third-order valence-corrected chi connectivity index (χ3v) is 4.98. The van der Waals surface area contributed by atoms with Gasteiger partial charge in [0.2, 0.25) is 0 Å². The third-order valence-electron chi connectivity index (χ3n) is 4.98. The molecule has 0 aliphatic heterocycles. The number of carbonyl (C=O) groups is 1. The van der Waals surface area contributed by atoms with Crippen LogP contribution in [0.4, 0.5) is 0 Å². The zero-order chi connectivity index (χ0) is 20.5. The van der Waals surface area contributed by atoms with E-state index in [1.807, 2.05) is 38.1 Å². The van der Waals surface area contributed by atoms with E-state index in [0.29, 0.717) is 16.9 Å². The van der Waals surface area contributed by atoms with Crippen LogP contribution in [-0.2, 0) is 6.54 Å². The molecule has 2 heterocycles. The summed E-state index contributed by atoms with van der Waals surface area (Å²) in [5, 5.41) is 4.51. The number of H-pyrrole nitrogens is 1. The van der Waals surface area contributed by atoms with Crippen molar-refractivity contribution in [1.29, 1.82) is 0 Å². The van der Waals surface area contributed by atoms with Crippen molar-refractivity contribution in [3.63, 3.8) is 0 Å². The monoisotopic (exact) mass is 387 g/mol. The number of carbonyl (C=O) groups excluding carboxylic acids is 1. The van der Waals surface area contributed by atoms with Crippen LogP contribution < -0.4 is 15.6 Å². The van der Waals surface area contributed by atoms with Gasteiger partial charge in [0.1, 0.15) is 5.75 Å². The number of aromatic amines is 1. The summed E-state index contributed by atoms with van der Waals surface area (Å²) in [7, 11) is 1.59. The highest BCUT2D eigenvalue weighted by atomic mass is 16.5. The lowest BCUT2D eigenvalue weighted by Gasteiger charge is -2.11. The van der Waals surface area contributed by atoms with E-state index in [1.54, 1.807) is 31.4 Å². The molecule has 1 amide bonds. The number of hydrogen-bond donors (Lipinski definition) is 2. The fourth-order valence-electron chi connectivity index (χ4n) is 3.47. The molecule has 0 bridgehead atoms. The number of rotatable bonds is 4.